The maximum absolute atomic E-state index is 13.0. The van der Waals surface area contributed by atoms with Crippen LogP contribution < -0.4 is 5.32 Å². The van der Waals surface area contributed by atoms with Crippen molar-refractivity contribution in [2.24, 2.45) is 0 Å². The second-order valence-corrected chi connectivity index (χ2v) is 6.80. The second kappa shape index (κ2) is 9.69. The first-order valence-corrected chi connectivity index (χ1v) is 9.80. The molecule has 0 unspecified atom stereocenters. The number of anilines is 1. The number of carbonyl (C=O) groups excluding carboxylic acids is 2. The first-order chi connectivity index (χ1) is 14.1. The van der Waals surface area contributed by atoms with E-state index in [-0.39, 0.29) is 11.9 Å². The Morgan fingerprint density at radius 3 is 2.28 bits per heavy atom. The van der Waals surface area contributed by atoms with Gasteiger partial charge in [-0.15, -0.1) is 0 Å². The molecule has 0 fully saturated rings. The molecule has 0 saturated carbocycles. The number of aryl methyl sites for hydroxylation is 2. The van der Waals surface area contributed by atoms with Gasteiger partial charge in [-0.25, -0.2) is 4.79 Å². The summed E-state index contributed by atoms with van der Waals surface area (Å²) in [7, 11) is 0. The highest BCUT2D eigenvalue weighted by molar-refractivity contribution is 6.06. The van der Waals surface area contributed by atoms with Crippen molar-refractivity contribution in [2.75, 3.05) is 11.9 Å². The summed E-state index contributed by atoms with van der Waals surface area (Å²) in [5.74, 6) is -0.567. The van der Waals surface area contributed by atoms with E-state index in [2.05, 4.69) is 17.4 Å². The molecule has 3 aromatic rings. The molecule has 29 heavy (non-hydrogen) atoms. The molecule has 0 atom stereocenters. The molecule has 1 N–H and O–H groups in total. The maximum Gasteiger partial charge on any atom is 0.338 e. The monoisotopic (exact) mass is 387 g/mol. The van der Waals surface area contributed by atoms with Crippen molar-refractivity contribution in [3.63, 3.8) is 0 Å². The lowest BCUT2D eigenvalue weighted by Crippen LogP contribution is -2.16. The number of hydrogen-bond acceptors (Lipinski definition) is 3. The minimum absolute atomic E-state index is 0.183. The van der Waals surface area contributed by atoms with Crippen LogP contribution in [-0.4, -0.2) is 18.5 Å². The molecule has 0 aromatic heterocycles. The lowest BCUT2D eigenvalue weighted by atomic mass is 9.99. The molecular weight excluding hydrogens is 362 g/mol. The van der Waals surface area contributed by atoms with Crippen LogP contribution in [0.5, 0.6) is 0 Å². The fraction of sp³-hybridized carbons (Fsp3) is 0.200. The van der Waals surface area contributed by atoms with Crippen LogP contribution in [0.4, 0.5) is 5.69 Å². The lowest BCUT2D eigenvalue weighted by Gasteiger charge is -2.14. The lowest BCUT2D eigenvalue weighted by molar-refractivity contribution is 0.0525. The highest BCUT2D eigenvalue weighted by Crippen LogP contribution is 2.22. The molecule has 4 nitrogen and oxygen atoms in total. The number of carbonyl (C=O) groups is 2. The van der Waals surface area contributed by atoms with Crippen molar-refractivity contribution in [3.05, 3.63) is 101 Å². The topological polar surface area (TPSA) is 55.4 Å². The van der Waals surface area contributed by atoms with Crippen LogP contribution in [0.15, 0.2) is 72.8 Å². The summed E-state index contributed by atoms with van der Waals surface area (Å²) in [4.78, 5) is 25.1. The summed E-state index contributed by atoms with van der Waals surface area (Å²) >= 11 is 0. The predicted molar refractivity (Wildman–Crippen MR) is 115 cm³/mol. The Labute approximate surface area is 171 Å². The van der Waals surface area contributed by atoms with Crippen molar-refractivity contribution >= 4 is 17.6 Å². The van der Waals surface area contributed by atoms with E-state index in [1.165, 1.54) is 5.56 Å². The Hall–Kier alpha value is -3.40. The Morgan fingerprint density at radius 2 is 1.52 bits per heavy atom. The van der Waals surface area contributed by atoms with Gasteiger partial charge in [-0.3, -0.25) is 4.79 Å². The van der Waals surface area contributed by atoms with Gasteiger partial charge in [0, 0.05) is 11.3 Å². The van der Waals surface area contributed by atoms with Crippen molar-refractivity contribution in [1.29, 1.82) is 0 Å². The van der Waals surface area contributed by atoms with Crippen molar-refractivity contribution < 1.29 is 14.3 Å². The Morgan fingerprint density at radius 1 is 0.828 bits per heavy atom. The van der Waals surface area contributed by atoms with Crippen LogP contribution in [0.3, 0.4) is 0 Å². The minimum atomic E-state index is -0.385. The molecule has 0 heterocycles. The van der Waals surface area contributed by atoms with Gasteiger partial charge in [0.05, 0.1) is 12.2 Å². The Bertz CT molecular complexity index is 996. The predicted octanol–water partition coefficient (Wildman–Crippen LogP) is 5.21. The van der Waals surface area contributed by atoms with Crippen molar-refractivity contribution in [2.45, 2.75) is 26.7 Å². The van der Waals surface area contributed by atoms with Crippen LogP contribution in [0, 0.1) is 6.92 Å². The highest BCUT2D eigenvalue weighted by atomic mass is 16.5. The first-order valence-electron chi connectivity index (χ1n) is 9.80. The van der Waals surface area contributed by atoms with Gasteiger partial charge in [-0.05, 0) is 61.6 Å². The summed E-state index contributed by atoms with van der Waals surface area (Å²) < 4.78 is 5.09. The van der Waals surface area contributed by atoms with Gasteiger partial charge in [0.1, 0.15) is 0 Å². The third-order valence-electron chi connectivity index (χ3n) is 4.87. The average Bonchev–Trinajstić information content (AvgIpc) is 2.75. The van der Waals surface area contributed by atoms with E-state index in [0.717, 1.165) is 18.4 Å². The quantitative estimate of drug-likeness (QED) is 0.566. The summed E-state index contributed by atoms with van der Waals surface area (Å²) in [6, 6.07) is 23.1. The first kappa shape index (κ1) is 20.3. The maximum atomic E-state index is 13.0. The van der Waals surface area contributed by atoms with Gasteiger partial charge < -0.3 is 10.1 Å². The summed E-state index contributed by atoms with van der Waals surface area (Å²) in [6.45, 7) is 3.89. The molecule has 148 valence electrons. The standard InChI is InChI=1S/C25H25NO3/c1-3-29-25(28)21-14-9-15-23(18(21)2)26-24(27)22-13-8-7-12-20(22)17-16-19-10-5-4-6-11-19/h4-15H,3,16-17H2,1-2H3,(H,26,27). The van der Waals surface area contributed by atoms with E-state index in [4.69, 9.17) is 4.74 Å². The number of esters is 1. The number of rotatable bonds is 7. The zero-order valence-corrected chi connectivity index (χ0v) is 16.8. The van der Waals surface area contributed by atoms with E-state index in [0.29, 0.717) is 29.0 Å². The third-order valence-corrected chi connectivity index (χ3v) is 4.87. The zero-order chi connectivity index (χ0) is 20.6. The molecule has 0 saturated heterocycles. The highest BCUT2D eigenvalue weighted by Gasteiger charge is 2.16. The van der Waals surface area contributed by atoms with E-state index >= 15 is 0 Å². The van der Waals surface area contributed by atoms with Gasteiger partial charge in [0.15, 0.2) is 0 Å². The normalized spacial score (nSPS) is 10.4. The van der Waals surface area contributed by atoms with Crippen LogP contribution in [0.2, 0.25) is 0 Å². The molecule has 3 aromatic carbocycles. The largest absolute Gasteiger partial charge is 0.462 e. The third kappa shape index (κ3) is 5.11. The second-order valence-electron chi connectivity index (χ2n) is 6.80. The summed E-state index contributed by atoms with van der Waals surface area (Å²) in [5, 5.41) is 2.96. The molecule has 0 bridgehead atoms. The summed E-state index contributed by atoms with van der Waals surface area (Å²) in [5.41, 5.74) is 4.64. The zero-order valence-electron chi connectivity index (χ0n) is 16.8. The molecule has 0 aliphatic heterocycles. The number of hydrogen-bond donors (Lipinski definition) is 1. The van der Waals surface area contributed by atoms with Crippen molar-refractivity contribution in [1.82, 2.24) is 0 Å². The SMILES string of the molecule is CCOC(=O)c1cccc(NC(=O)c2ccccc2CCc2ccccc2)c1C. The molecule has 0 spiro atoms. The molecule has 3 rings (SSSR count). The Kier molecular flexibility index (Phi) is 6.80. The van der Waals surface area contributed by atoms with E-state index in [1.54, 1.807) is 25.1 Å². The summed E-state index contributed by atoms with van der Waals surface area (Å²) in [6.07, 6.45) is 1.64. The molecule has 4 heteroatoms. The number of amides is 1. The van der Waals surface area contributed by atoms with Gasteiger partial charge in [-0.2, -0.15) is 0 Å². The smallest absolute Gasteiger partial charge is 0.338 e. The molecule has 0 aliphatic carbocycles. The number of nitrogens with one attached hydrogen (secondary N) is 1. The van der Waals surface area contributed by atoms with Gasteiger partial charge in [0.25, 0.3) is 5.91 Å². The van der Waals surface area contributed by atoms with Crippen molar-refractivity contribution in [3.8, 4) is 0 Å². The fourth-order valence-electron chi connectivity index (χ4n) is 3.27. The Balaban J connectivity index is 1.78. The van der Waals surface area contributed by atoms with Crippen LogP contribution in [-0.2, 0) is 17.6 Å². The fourth-order valence-corrected chi connectivity index (χ4v) is 3.27. The number of benzene rings is 3. The van der Waals surface area contributed by atoms with Gasteiger partial charge >= 0.3 is 5.97 Å². The van der Waals surface area contributed by atoms with E-state index in [9.17, 15) is 9.59 Å². The number of ether oxygens (including phenoxy) is 1. The van der Waals surface area contributed by atoms with Crippen LogP contribution >= 0.6 is 0 Å². The van der Waals surface area contributed by atoms with Gasteiger partial charge in [0.2, 0.25) is 0 Å². The minimum Gasteiger partial charge on any atom is -0.462 e. The molecule has 0 radical (unpaired) electrons. The average molecular weight is 387 g/mol. The molecule has 0 aliphatic rings. The van der Waals surface area contributed by atoms with Crippen LogP contribution in [0.1, 0.15) is 44.3 Å². The van der Waals surface area contributed by atoms with Gasteiger partial charge in [-0.1, -0.05) is 54.6 Å². The molecular formula is C25H25NO3. The van der Waals surface area contributed by atoms with E-state index < -0.39 is 0 Å². The molecule has 1 amide bonds. The van der Waals surface area contributed by atoms with E-state index in [1.807, 2.05) is 49.4 Å². The van der Waals surface area contributed by atoms with Crippen LogP contribution in [0.25, 0.3) is 0 Å².